The third kappa shape index (κ3) is 1.51. The second kappa shape index (κ2) is 4.25. The van der Waals surface area contributed by atoms with Gasteiger partial charge in [-0.1, -0.05) is 39.0 Å². The summed E-state index contributed by atoms with van der Waals surface area (Å²) >= 11 is 0. The molecule has 1 heterocycles. The molecule has 3 atom stereocenters. The van der Waals surface area contributed by atoms with Crippen LogP contribution < -0.4 is 4.90 Å². The fourth-order valence-electron chi connectivity index (χ4n) is 5.44. The van der Waals surface area contributed by atoms with Crippen LogP contribution in [-0.4, -0.2) is 17.7 Å². The van der Waals surface area contributed by atoms with Gasteiger partial charge < -0.3 is 4.90 Å². The molecule has 0 spiro atoms. The Bertz CT molecular complexity index is 722. The zero-order valence-corrected chi connectivity index (χ0v) is 14.5. The summed E-state index contributed by atoms with van der Waals surface area (Å²) in [6.07, 6.45) is 3.01. The molecule has 2 fully saturated rings. The number of hydrogen-bond donors (Lipinski definition) is 0. The number of carbonyl (C=O) groups excluding carboxylic acids is 2. The number of rotatable bonds is 1. The maximum atomic E-state index is 13.7. The van der Waals surface area contributed by atoms with E-state index >= 15 is 0 Å². The molecular weight excluding hydrogens is 286 g/mol. The van der Waals surface area contributed by atoms with Crippen LogP contribution in [-0.2, 0) is 16.0 Å². The molecule has 0 saturated heterocycles. The van der Waals surface area contributed by atoms with Crippen LogP contribution in [0, 0.1) is 16.2 Å². The van der Waals surface area contributed by atoms with Crippen LogP contribution in [0.25, 0.3) is 0 Å². The number of benzene rings is 1. The Hall–Kier alpha value is -1.64. The predicted octanol–water partition coefficient (Wildman–Crippen LogP) is 3.75. The van der Waals surface area contributed by atoms with Gasteiger partial charge in [-0.2, -0.15) is 0 Å². The van der Waals surface area contributed by atoms with E-state index in [4.69, 9.17) is 0 Å². The fraction of sp³-hybridized carbons (Fsp3) is 0.600. The third-order valence-corrected chi connectivity index (χ3v) is 7.54. The van der Waals surface area contributed by atoms with Gasteiger partial charge in [-0.3, -0.25) is 9.59 Å². The first-order chi connectivity index (χ1) is 10.7. The van der Waals surface area contributed by atoms with Gasteiger partial charge in [0.15, 0.2) is 0 Å². The fourth-order valence-corrected chi connectivity index (χ4v) is 5.44. The molecule has 2 saturated carbocycles. The summed E-state index contributed by atoms with van der Waals surface area (Å²) in [5, 5.41) is 0. The van der Waals surface area contributed by atoms with Gasteiger partial charge in [0.25, 0.3) is 0 Å². The van der Waals surface area contributed by atoms with Crippen molar-refractivity contribution in [3.63, 3.8) is 0 Å². The second-order valence-corrected chi connectivity index (χ2v) is 8.50. The molecule has 3 aliphatic rings. The van der Waals surface area contributed by atoms with Gasteiger partial charge in [0, 0.05) is 23.6 Å². The monoisotopic (exact) mass is 311 g/mol. The van der Waals surface area contributed by atoms with E-state index in [0.717, 1.165) is 24.9 Å². The number of anilines is 1. The topological polar surface area (TPSA) is 37.4 Å². The summed E-state index contributed by atoms with van der Waals surface area (Å²) in [6.45, 7) is 8.45. The minimum Gasteiger partial charge on any atom is -0.309 e. The molecule has 2 aliphatic carbocycles. The van der Waals surface area contributed by atoms with E-state index in [0.29, 0.717) is 6.42 Å². The average molecular weight is 311 g/mol. The Morgan fingerprint density at radius 1 is 1.17 bits per heavy atom. The second-order valence-electron chi connectivity index (χ2n) is 8.50. The van der Waals surface area contributed by atoms with Crippen molar-refractivity contribution in [1.29, 1.82) is 0 Å². The lowest BCUT2D eigenvalue weighted by Gasteiger charge is -2.41. The van der Waals surface area contributed by atoms with E-state index in [1.807, 2.05) is 23.1 Å². The van der Waals surface area contributed by atoms with Crippen LogP contribution in [0.3, 0.4) is 0 Å². The van der Waals surface area contributed by atoms with Crippen LogP contribution in [0.1, 0.15) is 52.5 Å². The first-order valence-corrected chi connectivity index (χ1v) is 8.69. The molecule has 0 radical (unpaired) electrons. The van der Waals surface area contributed by atoms with Crippen LogP contribution in [0.4, 0.5) is 5.69 Å². The summed E-state index contributed by atoms with van der Waals surface area (Å²) in [6, 6.07) is 8.37. The average Bonchev–Trinajstić information content (AvgIpc) is 2.99. The van der Waals surface area contributed by atoms with E-state index in [-0.39, 0.29) is 28.6 Å². The van der Waals surface area contributed by atoms with E-state index < -0.39 is 5.41 Å². The SMILES string of the molecule is C[C@@H]1Cc2ccccc2N1C(=O)[C@]12CC[C@](C)(C(=O)C1)C2(C)C. The lowest BCUT2D eigenvalue weighted by atomic mass is 9.64. The predicted molar refractivity (Wildman–Crippen MR) is 90.3 cm³/mol. The molecule has 1 aromatic carbocycles. The number of carbonyl (C=O) groups is 2. The number of nitrogens with zero attached hydrogens (tertiary/aromatic N) is 1. The minimum atomic E-state index is -0.523. The van der Waals surface area contributed by atoms with Crippen molar-refractivity contribution in [3.8, 4) is 0 Å². The summed E-state index contributed by atoms with van der Waals surface area (Å²) < 4.78 is 0. The van der Waals surface area contributed by atoms with E-state index in [2.05, 4.69) is 33.8 Å². The first-order valence-electron chi connectivity index (χ1n) is 8.69. The molecule has 122 valence electrons. The van der Waals surface area contributed by atoms with Gasteiger partial charge in [0.1, 0.15) is 5.78 Å². The van der Waals surface area contributed by atoms with Gasteiger partial charge in [0.05, 0.1) is 5.41 Å². The molecule has 0 unspecified atom stereocenters. The zero-order chi connectivity index (χ0) is 16.6. The molecule has 2 bridgehead atoms. The molecule has 0 aromatic heterocycles. The summed E-state index contributed by atoms with van der Waals surface area (Å²) in [5.41, 5.74) is 1.15. The van der Waals surface area contributed by atoms with Crippen molar-refractivity contribution in [3.05, 3.63) is 29.8 Å². The molecule has 0 N–H and O–H groups in total. The maximum Gasteiger partial charge on any atom is 0.234 e. The van der Waals surface area contributed by atoms with Crippen molar-refractivity contribution in [1.82, 2.24) is 0 Å². The largest absolute Gasteiger partial charge is 0.309 e. The van der Waals surface area contributed by atoms with Crippen molar-refractivity contribution in [2.45, 2.75) is 59.4 Å². The lowest BCUT2D eigenvalue weighted by molar-refractivity contribution is -0.134. The van der Waals surface area contributed by atoms with Crippen molar-refractivity contribution in [2.24, 2.45) is 16.2 Å². The highest BCUT2D eigenvalue weighted by atomic mass is 16.2. The summed E-state index contributed by atoms with van der Waals surface area (Å²) in [4.78, 5) is 28.3. The van der Waals surface area contributed by atoms with E-state index in [1.54, 1.807) is 0 Å². The Morgan fingerprint density at radius 3 is 2.48 bits per heavy atom. The smallest absolute Gasteiger partial charge is 0.234 e. The minimum absolute atomic E-state index is 0.174. The third-order valence-electron chi connectivity index (χ3n) is 7.54. The highest BCUT2D eigenvalue weighted by Crippen LogP contribution is 2.71. The quantitative estimate of drug-likeness (QED) is 0.792. The van der Waals surface area contributed by atoms with E-state index in [9.17, 15) is 9.59 Å². The Kier molecular flexibility index (Phi) is 2.76. The highest BCUT2D eigenvalue weighted by Gasteiger charge is 2.73. The van der Waals surface area contributed by atoms with Gasteiger partial charge in [-0.05, 0) is 43.2 Å². The van der Waals surface area contributed by atoms with Crippen molar-refractivity contribution in [2.75, 3.05) is 4.90 Å². The van der Waals surface area contributed by atoms with E-state index in [1.165, 1.54) is 5.56 Å². The molecule has 1 aliphatic heterocycles. The molecule has 1 aromatic rings. The van der Waals surface area contributed by atoms with Crippen LogP contribution in [0.15, 0.2) is 24.3 Å². The number of ketones is 1. The Labute approximate surface area is 138 Å². The highest BCUT2D eigenvalue weighted by molar-refractivity contribution is 6.07. The number of fused-ring (bicyclic) bond motifs is 3. The lowest BCUT2D eigenvalue weighted by Crippen LogP contribution is -2.50. The van der Waals surface area contributed by atoms with Gasteiger partial charge in [-0.15, -0.1) is 0 Å². The number of Topliss-reactive ketones (excluding diaryl/α,β-unsaturated/α-hetero) is 1. The summed E-state index contributed by atoms with van der Waals surface area (Å²) in [7, 11) is 0. The Morgan fingerprint density at radius 2 is 1.87 bits per heavy atom. The number of hydrogen-bond acceptors (Lipinski definition) is 2. The van der Waals surface area contributed by atoms with Crippen LogP contribution in [0.2, 0.25) is 0 Å². The molecule has 4 rings (SSSR count). The standard InChI is InChI=1S/C20H25NO2/c1-13-11-14-7-5-6-8-15(14)21(13)17(23)20-10-9-19(4,16(22)12-20)18(20,2)3/h5-8,13H,9-12H2,1-4H3/t13-,19-,20+/m1/s1. The van der Waals surface area contributed by atoms with Gasteiger partial charge >= 0.3 is 0 Å². The number of amides is 1. The zero-order valence-electron chi connectivity index (χ0n) is 14.5. The summed E-state index contributed by atoms with van der Waals surface area (Å²) in [5.74, 6) is 0.455. The van der Waals surface area contributed by atoms with Crippen molar-refractivity contribution < 1.29 is 9.59 Å². The Balaban J connectivity index is 1.80. The van der Waals surface area contributed by atoms with Crippen LogP contribution in [0.5, 0.6) is 0 Å². The number of para-hydroxylation sites is 1. The first kappa shape index (κ1) is 14.9. The molecule has 3 heteroatoms. The van der Waals surface area contributed by atoms with Crippen molar-refractivity contribution >= 4 is 17.4 Å². The molecule has 1 amide bonds. The molecule has 23 heavy (non-hydrogen) atoms. The normalized spacial score (nSPS) is 37.3. The van der Waals surface area contributed by atoms with Gasteiger partial charge in [0.2, 0.25) is 5.91 Å². The van der Waals surface area contributed by atoms with Crippen LogP contribution >= 0.6 is 0 Å². The van der Waals surface area contributed by atoms with Gasteiger partial charge in [-0.25, -0.2) is 0 Å². The molecular formula is C20H25NO2. The molecule has 3 nitrogen and oxygen atoms in total. The maximum absolute atomic E-state index is 13.7.